The Hall–Kier alpha value is -1.79. The Kier molecular flexibility index (Phi) is 6.53. The first-order chi connectivity index (χ1) is 12.2. The zero-order valence-electron chi connectivity index (χ0n) is 13.9. The van der Waals surface area contributed by atoms with E-state index in [1.807, 2.05) is 36.4 Å². The number of thioether (sulfide) groups is 1. The molecule has 1 aliphatic rings. The summed E-state index contributed by atoms with van der Waals surface area (Å²) in [6.07, 6.45) is 3.72. The molecule has 3 rings (SSSR count). The summed E-state index contributed by atoms with van der Waals surface area (Å²) in [5.41, 5.74) is 0.910. The van der Waals surface area contributed by atoms with Gasteiger partial charge in [-0.25, -0.2) is 0 Å². The molecule has 1 aromatic carbocycles. The number of piperidine rings is 1. The highest BCUT2D eigenvalue weighted by Gasteiger charge is 2.13. The summed E-state index contributed by atoms with van der Waals surface area (Å²) in [5, 5.41) is 12.8. The maximum Gasteiger partial charge on any atom is 0.230 e. The first-order valence-electron chi connectivity index (χ1n) is 8.44. The van der Waals surface area contributed by atoms with Crippen molar-refractivity contribution in [1.29, 1.82) is 0 Å². The molecule has 132 valence electrons. The third kappa shape index (κ3) is 5.34. The molecule has 7 heteroatoms. The van der Waals surface area contributed by atoms with Crippen LogP contribution in [0.3, 0.4) is 0 Å². The van der Waals surface area contributed by atoms with Gasteiger partial charge in [-0.15, -0.1) is 10.2 Å². The van der Waals surface area contributed by atoms with Crippen molar-refractivity contribution >= 4 is 35.1 Å². The molecule has 0 bridgehead atoms. The van der Waals surface area contributed by atoms with E-state index in [0.29, 0.717) is 17.3 Å². The quantitative estimate of drug-likeness (QED) is 0.781. The first-order valence-corrected chi connectivity index (χ1v) is 9.80. The number of hydrogen-bond acceptors (Lipinski definition) is 5. The van der Waals surface area contributed by atoms with Crippen LogP contribution in [0.2, 0.25) is 5.02 Å². The van der Waals surface area contributed by atoms with Crippen LogP contribution >= 0.6 is 23.4 Å². The molecule has 1 fully saturated rings. The van der Waals surface area contributed by atoms with Crippen LogP contribution in [0.25, 0.3) is 0 Å². The molecule has 1 aliphatic heterocycles. The highest BCUT2D eigenvalue weighted by atomic mass is 35.5. The number of rotatable bonds is 6. The van der Waals surface area contributed by atoms with E-state index < -0.39 is 0 Å². The van der Waals surface area contributed by atoms with E-state index in [-0.39, 0.29) is 5.91 Å². The Bertz CT molecular complexity index is 704. The van der Waals surface area contributed by atoms with Crippen LogP contribution in [0, 0.1) is 0 Å². The molecule has 2 heterocycles. The van der Waals surface area contributed by atoms with Crippen LogP contribution in [0.4, 0.5) is 5.82 Å². The fraction of sp³-hybridized carbons (Fsp3) is 0.389. The Balaban J connectivity index is 1.44. The van der Waals surface area contributed by atoms with Gasteiger partial charge in [0.1, 0.15) is 5.03 Å². The lowest BCUT2D eigenvalue weighted by Gasteiger charge is -2.27. The van der Waals surface area contributed by atoms with Crippen molar-refractivity contribution in [2.75, 3.05) is 23.7 Å². The van der Waals surface area contributed by atoms with E-state index in [9.17, 15) is 4.79 Å². The van der Waals surface area contributed by atoms with Gasteiger partial charge in [-0.3, -0.25) is 4.79 Å². The zero-order valence-corrected chi connectivity index (χ0v) is 15.5. The van der Waals surface area contributed by atoms with Gasteiger partial charge in [-0.2, -0.15) is 0 Å². The number of carbonyl (C=O) groups excluding carboxylic acids is 1. The molecule has 1 N–H and O–H groups in total. The minimum absolute atomic E-state index is 0.0492. The van der Waals surface area contributed by atoms with Crippen LogP contribution in [0.15, 0.2) is 41.4 Å². The van der Waals surface area contributed by atoms with Crippen LogP contribution in [-0.4, -0.2) is 34.9 Å². The molecule has 2 aromatic rings. The predicted molar refractivity (Wildman–Crippen MR) is 102 cm³/mol. The summed E-state index contributed by atoms with van der Waals surface area (Å²) in [6, 6.07) is 11.4. The molecule has 5 nitrogen and oxygen atoms in total. The lowest BCUT2D eigenvalue weighted by molar-refractivity contribution is -0.118. The molecular weight excluding hydrogens is 356 g/mol. The van der Waals surface area contributed by atoms with E-state index in [1.165, 1.54) is 31.0 Å². The van der Waals surface area contributed by atoms with Crippen molar-refractivity contribution in [3.8, 4) is 0 Å². The number of anilines is 1. The zero-order chi connectivity index (χ0) is 17.5. The highest BCUT2D eigenvalue weighted by Crippen LogP contribution is 2.20. The molecule has 1 saturated heterocycles. The van der Waals surface area contributed by atoms with Gasteiger partial charge in [-0.1, -0.05) is 41.6 Å². The number of amides is 1. The minimum Gasteiger partial charge on any atom is -0.355 e. The highest BCUT2D eigenvalue weighted by molar-refractivity contribution is 7.99. The molecule has 0 atom stereocenters. The maximum absolute atomic E-state index is 12.0. The first kappa shape index (κ1) is 18.0. The van der Waals surface area contributed by atoms with Gasteiger partial charge in [0.05, 0.1) is 5.75 Å². The monoisotopic (exact) mass is 376 g/mol. The fourth-order valence-electron chi connectivity index (χ4n) is 2.71. The molecule has 0 unspecified atom stereocenters. The number of hydrogen-bond donors (Lipinski definition) is 1. The van der Waals surface area contributed by atoms with E-state index in [2.05, 4.69) is 20.4 Å². The fourth-order valence-corrected chi connectivity index (χ4v) is 3.55. The van der Waals surface area contributed by atoms with Crippen LogP contribution in [-0.2, 0) is 11.3 Å². The minimum atomic E-state index is -0.0492. The molecule has 1 amide bonds. The molecule has 1 aromatic heterocycles. The summed E-state index contributed by atoms with van der Waals surface area (Å²) < 4.78 is 0. The van der Waals surface area contributed by atoms with Crippen molar-refractivity contribution < 1.29 is 4.79 Å². The number of halogens is 1. The Morgan fingerprint density at radius 2 is 1.92 bits per heavy atom. The molecular formula is C18H21ClN4OS. The summed E-state index contributed by atoms with van der Waals surface area (Å²) in [4.78, 5) is 14.2. The third-order valence-corrected chi connectivity index (χ3v) is 5.38. The van der Waals surface area contributed by atoms with Gasteiger partial charge in [0.15, 0.2) is 5.82 Å². The van der Waals surface area contributed by atoms with Crippen molar-refractivity contribution in [3.63, 3.8) is 0 Å². The van der Waals surface area contributed by atoms with E-state index in [1.54, 1.807) is 0 Å². The number of aromatic nitrogens is 2. The summed E-state index contributed by atoms with van der Waals surface area (Å²) in [5.74, 6) is 1.18. The van der Waals surface area contributed by atoms with E-state index in [4.69, 9.17) is 11.6 Å². The smallest absolute Gasteiger partial charge is 0.230 e. The predicted octanol–water partition coefficient (Wildman–Crippen LogP) is 3.53. The topological polar surface area (TPSA) is 58.1 Å². The second kappa shape index (κ2) is 9.06. The standard InChI is InChI=1S/C18H21ClN4OS/c19-15-7-3-2-6-14(15)12-20-17(24)13-25-18-9-8-16(21-22-18)23-10-4-1-5-11-23/h2-3,6-9H,1,4-5,10-13H2,(H,20,24). The van der Waals surface area contributed by atoms with E-state index >= 15 is 0 Å². The average Bonchev–Trinajstić information content (AvgIpc) is 2.67. The molecule has 0 saturated carbocycles. The summed E-state index contributed by atoms with van der Waals surface area (Å²) >= 11 is 7.47. The van der Waals surface area contributed by atoms with E-state index in [0.717, 1.165) is 29.5 Å². The van der Waals surface area contributed by atoms with Crippen LogP contribution < -0.4 is 10.2 Å². The van der Waals surface area contributed by atoms with Crippen molar-refractivity contribution in [2.24, 2.45) is 0 Å². The van der Waals surface area contributed by atoms with Gasteiger partial charge in [0.25, 0.3) is 0 Å². The van der Waals surface area contributed by atoms with Crippen LogP contribution in [0.5, 0.6) is 0 Å². The lowest BCUT2D eigenvalue weighted by atomic mass is 10.1. The second-order valence-electron chi connectivity index (χ2n) is 5.93. The molecule has 0 spiro atoms. The lowest BCUT2D eigenvalue weighted by Crippen LogP contribution is -2.30. The number of carbonyl (C=O) groups is 1. The van der Waals surface area contributed by atoms with Gasteiger partial charge in [-0.05, 0) is 43.0 Å². The maximum atomic E-state index is 12.0. The van der Waals surface area contributed by atoms with Gasteiger partial charge in [0, 0.05) is 24.7 Å². The molecule has 0 radical (unpaired) electrons. The SMILES string of the molecule is O=C(CSc1ccc(N2CCCCC2)nn1)NCc1ccccc1Cl. The largest absolute Gasteiger partial charge is 0.355 e. The number of nitrogens with zero attached hydrogens (tertiary/aromatic N) is 3. The normalized spacial score (nSPS) is 14.4. The Morgan fingerprint density at radius 1 is 1.12 bits per heavy atom. The number of benzene rings is 1. The average molecular weight is 377 g/mol. The number of nitrogens with one attached hydrogen (secondary N) is 1. The summed E-state index contributed by atoms with van der Waals surface area (Å²) in [6.45, 7) is 2.52. The van der Waals surface area contributed by atoms with Crippen molar-refractivity contribution in [3.05, 3.63) is 47.0 Å². The molecule has 0 aliphatic carbocycles. The second-order valence-corrected chi connectivity index (χ2v) is 7.34. The van der Waals surface area contributed by atoms with Crippen LogP contribution in [0.1, 0.15) is 24.8 Å². The molecule has 25 heavy (non-hydrogen) atoms. The van der Waals surface area contributed by atoms with Crippen molar-refractivity contribution in [2.45, 2.75) is 30.8 Å². The van der Waals surface area contributed by atoms with Crippen molar-refractivity contribution in [1.82, 2.24) is 15.5 Å². The summed E-state index contributed by atoms with van der Waals surface area (Å²) in [7, 11) is 0. The Morgan fingerprint density at radius 3 is 2.64 bits per heavy atom. The van der Waals surface area contributed by atoms with Gasteiger partial charge >= 0.3 is 0 Å². The van der Waals surface area contributed by atoms with Gasteiger partial charge < -0.3 is 10.2 Å². The third-order valence-electron chi connectivity index (χ3n) is 4.09. The van der Waals surface area contributed by atoms with Gasteiger partial charge in [0.2, 0.25) is 5.91 Å². The Labute approximate surface area is 157 Å².